The van der Waals surface area contributed by atoms with Crippen molar-refractivity contribution >= 4 is 32.7 Å². The van der Waals surface area contributed by atoms with Gasteiger partial charge in [0.05, 0.1) is 0 Å². The number of allylic oxidation sites excluding steroid dienone is 2. The Hall–Kier alpha value is -2.06. The fourth-order valence-electron chi connectivity index (χ4n) is 4.42. The summed E-state index contributed by atoms with van der Waals surface area (Å²) in [7, 11) is 0. The van der Waals surface area contributed by atoms with Gasteiger partial charge in [-0.05, 0) is 49.5 Å². The fraction of sp³-hybridized carbons (Fsp3) is 0.273. The van der Waals surface area contributed by atoms with Gasteiger partial charge in [-0.15, -0.1) is 11.3 Å². The molecule has 0 saturated heterocycles. The molecule has 1 aliphatic heterocycles. The van der Waals surface area contributed by atoms with Crippen LogP contribution in [0.5, 0.6) is 0 Å². The quantitative estimate of drug-likeness (QED) is 0.560. The molecule has 0 radical (unpaired) electrons. The third-order valence-electron chi connectivity index (χ3n) is 5.70. The van der Waals surface area contributed by atoms with Gasteiger partial charge >= 0.3 is 0 Å². The Bertz CT molecular complexity index is 992. The van der Waals surface area contributed by atoms with Crippen molar-refractivity contribution < 1.29 is 0 Å². The van der Waals surface area contributed by atoms with E-state index in [0.29, 0.717) is 5.92 Å². The molecule has 2 heterocycles. The number of anilines is 1. The van der Waals surface area contributed by atoms with E-state index in [-0.39, 0.29) is 0 Å². The van der Waals surface area contributed by atoms with Gasteiger partial charge in [0, 0.05) is 38.7 Å². The Morgan fingerprint density at radius 2 is 1.92 bits per heavy atom. The van der Waals surface area contributed by atoms with Gasteiger partial charge in [0.1, 0.15) is 0 Å². The Morgan fingerprint density at radius 1 is 1.04 bits per heavy atom. The van der Waals surface area contributed by atoms with Crippen LogP contribution in [-0.2, 0) is 6.42 Å². The average Bonchev–Trinajstić information content (AvgIpc) is 3.10. The SMILES string of the molecule is CC1=C(C)C(c2cccc3c2NCCC3)c2sc3ccccc3c21. The molecule has 2 aliphatic rings. The number of aryl methyl sites for hydroxylation is 1. The minimum absolute atomic E-state index is 0.415. The topological polar surface area (TPSA) is 12.0 Å². The molecule has 0 saturated carbocycles. The minimum Gasteiger partial charge on any atom is -0.385 e. The first-order valence-corrected chi connectivity index (χ1v) is 9.62. The Morgan fingerprint density at radius 3 is 2.83 bits per heavy atom. The maximum absolute atomic E-state index is 3.69. The Kier molecular flexibility index (Phi) is 3.11. The van der Waals surface area contributed by atoms with Gasteiger partial charge in [0.2, 0.25) is 0 Å². The Labute approximate surface area is 147 Å². The van der Waals surface area contributed by atoms with E-state index >= 15 is 0 Å². The number of thiophene rings is 1. The lowest BCUT2D eigenvalue weighted by molar-refractivity contribution is 0.820. The molecule has 0 bridgehead atoms. The highest BCUT2D eigenvalue weighted by molar-refractivity contribution is 7.19. The van der Waals surface area contributed by atoms with Gasteiger partial charge in [-0.1, -0.05) is 42.0 Å². The molecule has 2 aromatic carbocycles. The van der Waals surface area contributed by atoms with E-state index in [1.54, 1.807) is 0 Å². The van der Waals surface area contributed by atoms with Gasteiger partial charge < -0.3 is 5.32 Å². The molecule has 1 unspecified atom stereocenters. The number of nitrogens with one attached hydrogen (secondary N) is 1. The minimum atomic E-state index is 0.415. The summed E-state index contributed by atoms with van der Waals surface area (Å²) in [4.78, 5) is 1.53. The molecule has 24 heavy (non-hydrogen) atoms. The van der Waals surface area contributed by atoms with Crippen molar-refractivity contribution in [1.29, 1.82) is 0 Å². The van der Waals surface area contributed by atoms with Gasteiger partial charge in [0.25, 0.3) is 0 Å². The summed E-state index contributed by atoms with van der Waals surface area (Å²) in [5.74, 6) is 0.415. The highest BCUT2D eigenvalue weighted by atomic mass is 32.1. The van der Waals surface area contributed by atoms with E-state index in [4.69, 9.17) is 0 Å². The molecule has 1 atom stereocenters. The van der Waals surface area contributed by atoms with Crippen LogP contribution >= 0.6 is 11.3 Å². The van der Waals surface area contributed by atoms with Crippen molar-refractivity contribution in [3.63, 3.8) is 0 Å². The largest absolute Gasteiger partial charge is 0.385 e. The number of hydrogen-bond donors (Lipinski definition) is 1. The first-order chi connectivity index (χ1) is 11.8. The molecular weight excluding hydrogens is 310 g/mol. The Balaban J connectivity index is 1.77. The zero-order chi connectivity index (χ0) is 16.3. The summed E-state index contributed by atoms with van der Waals surface area (Å²) in [5, 5.41) is 5.12. The lowest BCUT2D eigenvalue weighted by Crippen LogP contribution is -2.15. The predicted molar refractivity (Wildman–Crippen MR) is 105 cm³/mol. The molecule has 2 heteroatoms. The number of benzene rings is 2. The number of para-hydroxylation sites is 1. The van der Waals surface area contributed by atoms with Crippen molar-refractivity contribution in [3.8, 4) is 0 Å². The normalized spacial score (nSPS) is 19.3. The van der Waals surface area contributed by atoms with Crippen molar-refractivity contribution in [1.82, 2.24) is 0 Å². The van der Waals surface area contributed by atoms with Crippen LogP contribution in [0.1, 0.15) is 47.8 Å². The van der Waals surface area contributed by atoms with Gasteiger partial charge in [-0.3, -0.25) is 0 Å². The average molecular weight is 331 g/mol. The molecule has 0 spiro atoms. The van der Waals surface area contributed by atoms with Crippen molar-refractivity contribution in [2.24, 2.45) is 0 Å². The smallest absolute Gasteiger partial charge is 0.0423 e. The summed E-state index contributed by atoms with van der Waals surface area (Å²) in [6, 6.07) is 15.7. The fourth-order valence-corrected chi connectivity index (χ4v) is 5.87. The monoisotopic (exact) mass is 331 g/mol. The van der Waals surface area contributed by atoms with E-state index in [0.717, 1.165) is 6.54 Å². The van der Waals surface area contributed by atoms with E-state index < -0.39 is 0 Å². The molecule has 1 aliphatic carbocycles. The van der Waals surface area contributed by atoms with Crippen molar-refractivity contribution in [2.75, 3.05) is 11.9 Å². The molecule has 3 aromatic rings. The number of hydrogen-bond acceptors (Lipinski definition) is 2. The van der Waals surface area contributed by atoms with Crippen molar-refractivity contribution in [3.05, 3.63) is 69.6 Å². The zero-order valence-electron chi connectivity index (χ0n) is 14.1. The van der Waals surface area contributed by atoms with Crippen LogP contribution in [0, 0.1) is 0 Å². The van der Waals surface area contributed by atoms with E-state index in [1.807, 2.05) is 11.3 Å². The number of rotatable bonds is 1. The maximum atomic E-state index is 3.69. The second kappa shape index (κ2) is 5.22. The summed E-state index contributed by atoms with van der Waals surface area (Å²) in [6.07, 6.45) is 2.44. The first-order valence-electron chi connectivity index (χ1n) is 8.80. The molecule has 1 nitrogen and oxygen atoms in total. The highest BCUT2D eigenvalue weighted by Crippen LogP contribution is 2.53. The summed E-state index contributed by atoms with van der Waals surface area (Å²) < 4.78 is 1.41. The molecular formula is C22H21NS. The number of fused-ring (bicyclic) bond motifs is 4. The molecule has 0 amide bonds. The maximum Gasteiger partial charge on any atom is 0.0423 e. The summed E-state index contributed by atoms with van der Waals surface area (Å²) >= 11 is 1.98. The highest BCUT2D eigenvalue weighted by Gasteiger charge is 2.33. The van der Waals surface area contributed by atoms with Gasteiger partial charge in [-0.2, -0.15) is 0 Å². The third-order valence-corrected chi connectivity index (χ3v) is 6.94. The van der Waals surface area contributed by atoms with Crippen molar-refractivity contribution in [2.45, 2.75) is 32.6 Å². The standard InChI is InChI=1S/C22H21NS/c1-13-14(2)20(17-10-5-7-15-8-6-12-23-21(15)17)22-19(13)16-9-3-4-11-18(16)24-22/h3-5,7,9-11,20,23H,6,8,12H2,1-2H3. The van der Waals surface area contributed by atoms with Crippen LogP contribution < -0.4 is 5.32 Å². The molecule has 120 valence electrons. The van der Waals surface area contributed by atoms with Crippen LogP contribution in [0.3, 0.4) is 0 Å². The molecule has 1 N–H and O–H groups in total. The second-order valence-electron chi connectivity index (χ2n) is 6.99. The van der Waals surface area contributed by atoms with Crippen LogP contribution in [-0.4, -0.2) is 6.54 Å². The summed E-state index contributed by atoms with van der Waals surface area (Å²) in [5.41, 5.74) is 8.83. The predicted octanol–water partition coefficient (Wildman–Crippen LogP) is 6.20. The van der Waals surface area contributed by atoms with E-state index in [9.17, 15) is 0 Å². The van der Waals surface area contributed by atoms with E-state index in [1.165, 1.54) is 61.3 Å². The van der Waals surface area contributed by atoms with Crippen LogP contribution in [0.25, 0.3) is 15.7 Å². The third kappa shape index (κ3) is 1.86. The first kappa shape index (κ1) is 14.3. The molecule has 0 fully saturated rings. The van der Waals surface area contributed by atoms with Crippen LogP contribution in [0.15, 0.2) is 48.0 Å². The van der Waals surface area contributed by atoms with Gasteiger partial charge in [0.15, 0.2) is 0 Å². The second-order valence-corrected chi connectivity index (χ2v) is 8.07. The van der Waals surface area contributed by atoms with Crippen LogP contribution in [0.2, 0.25) is 0 Å². The van der Waals surface area contributed by atoms with E-state index in [2.05, 4.69) is 61.6 Å². The molecule has 1 aromatic heterocycles. The summed E-state index contributed by atoms with van der Waals surface area (Å²) in [6.45, 7) is 5.72. The zero-order valence-corrected chi connectivity index (χ0v) is 15.0. The lowest BCUT2D eigenvalue weighted by atomic mass is 9.88. The molecule has 5 rings (SSSR count). The van der Waals surface area contributed by atoms with Gasteiger partial charge in [-0.25, -0.2) is 0 Å². The van der Waals surface area contributed by atoms with Crippen LogP contribution in [0.4, 0.5) is 5.69 Å². The lowest BCUT2D eigenvalue weighted by Gasteiger charge is -2.25.